The Bertz CT molecular complexity index is 836. The van der Waals surface area contributed by atoms with Gasteiger partial charge in [-0.3, -0.25) is 4.79 Å². The topological polar surface area (TPSA) is 55.1 Å². The summed E-state index contributed by atoms with van der Waals surface area (Å²) in [7, 11) is 0. The largest absolute Gasteiger partial charge is 0.348 e. The van der Waals surface area contributed by atoms with Crippen molar-refractivity contribution in [3.05, 3.63) is 82.7 Å². The third kappa shape index (κ3) is 3.96. The molecule has 1 aliphatic carbocycles. The minimum Gasteiger partial charge on any atom is -0.348 e. The van der Waals surface area contributed by atoms with Crippen LogP contribution in [-0.4, -0.2) is 11.9 Å². The number of allylic oxidation sites excluding steroid dienone is 1. The van der Waals surface area contributed by atoms with Gasteiger partial charge in [0, 0.05) is 30.1 Å². The van der Waals surface area contributed by atoms with E-state index in [9.17, 15) is 18.0 Å². The number of rotatable bonds is 4. The van der Waals surface area contributed by atoms with Gasteiger partial charge >= 0.3 is 0 Å². The summed E-state index contributed by atoms with van der Waals surface area (Å²) in [6.45, 7) is 0.396. The fourth-order valence-corrected chi connectivity index (χ4v) is 3.18. The number of hydrogen-bond acceptors (Lipinski definition) is 2. The maximum absolute atomic E-state index is 14.0. The molecule has 26 heavy (non-hydrogen) atoms. The zero-order valence-corrected chi connectivity index (χ0v) is 14.0. The lowest BCUT2D eigenvalue weighted by Crippen LogP contribution is -2.36. The van der Waals surface area contributed by atoms with Crippen LogP contribution in [-0.2, 0) is 11.3 Å². The van der Waals surface area contributed by atoms with E-state index >= 15 is 0 Å². The van der Waals surface area contributed by atoms with Crippen molar-refractivity contribution in [1.29, 1.82) is 0 Å². The van der Waals surface area contributed by atoms with E-state index in [-0.39, 0.29) is 24.3 Å². The number of nitrogens with two attached hydrogens (primary N) is 1. The summed E-state index contributed by atoms with van der Waals surface area (Å²) in [6, 6.07) is 10.3. The van der Waals surface area contributed by atoms with Gasteiger partial charge in [0.05, 0.1) is 0 Å². The molecule has 2 unspecified atom stereocenters. The zero-order chi connectivity index (χ0) is 18.7. The Morgan fingerprint density at radius 3 is 2.46 bits per heavy atom. The van der Waals surface area contributed by atoms with Crippen LogP contribution in [0.25, 0.3) is 0 Å². The minimum atomic E-state index is -1.23. The van der Waals surface area contributed by atoms with Crippen molar-refractivity contribution < 1.29 is 18.0 Å². The van der Waals surface area contributed by atoms with Crippen LogP contribution in [0.1, 0.15) is 29.9 Å². The standard InChI is InChI=1S/C20H19F3N2O/c21-16-10-18(23)17(22)9-15(16)14-7-6-13(8-19(14)24)20(26)25-11-12-4-2-1-3-5-12/h1-6,9-10,14,19H,7-8,11,24H2,(H,25,26). The number of carbonyl (C=O) groups is 1. The summed E-state index contributed by atoms with van der Waals surface area (Å²) in [5, 5.41) is 2.83. The Morgan fingerprint density at radius 1 is 1.08 bits per heavy atom. The van der Waals surface area contributed by atoms with Crippen LogP contribution in [0.5, 0.6) is 0 Å². The lowest BCUT2D eigenvalue weighted by atomic mass is 9.80. The Labute approximate surface area is 149 Å². The number of nitrogens with one attached hydrogen (secondary N) is 1. The molecule has 0 spiro atoms. The predicted octanol–water partition coefficient (Wildman–Crippen LogP) is 3.55. The lowest BCUT2D eigenvalue weighted by molar-refractivity contribution is -0.117. The Balaban J connectivity index is 1.68. The quantitative estimate of drug-likeness (QED) is 0.820. The van der Waals surface area contributed by atoms with Crippen LogP contribution in [0.3, 0.4) is 0 Å². The van der Waals surface area contributed by atoms with Crippen LogP contribution in [0.4, 0.5) is 13.2 Å². The molecule has 0 radical (unpaired) electrons. The highest BCUT2D eigenvalue weighted by Crippen LogP contribution is 2.33. The molecule has 1 amide bonds. The Kier molecular flexibility index (Phi) is 5.42. The Morgan fingerprint density at radius 2 is 1.77 bits per heavy atom. The normalized spacial score (nSPS) is 19.8. The number of benzene rings is 2. The number of halogens is 3. The third-order valence-corrected chi connectivity index (χ3v) is 4.62. The number of amides is 1. The molecule has 3 N–H and O–H groups in total. The maximum Gasteiger partial charge on any atom is 0.247 e. The first-order chi connectivity index (χ1) is 12.5. The van der Waals surface area contributed by atoms with Gasteiger partial charge in [-0.2, -0.15) is 0 Å². The average Bonchev–Trinajstić information content (AvgIpc) is 2.64. The van der Waals surface area contributed by atoms with Crippen LogP contribution in [0.15, 0.2) is 54.1 Å². The molecule has 0 fully saturated rings. The van der Waals surface area contributed by atoms with Gasteiger partial charge < -0.3 is 11.1 Å². The van der Waals surface area contributed by atoms with E-state index in [0.717, 1.165) is 11.6 Å². The van der Waals surface area contributed by atoms with Crippen LogP contribution >= 0.6 is 0 Å². The highest BCUT2D eigenvalue weighted by atomic mass is 19.2. The van der Waals surface area contributed by atoms with Gasteiger partial charge in [-0.15, -0.1) is 0 Å². The highest BCUT2D eigenvalue weighted by molar-refractivity contribution is 5.93. The summed E-state index contributed by atoms with van der Waals surface area (Å²) in [4.78, 5) is 12.3. The first kappa shape index (κ1) is 18.2. The van der Waals surface area contributed by atoms with Gasteiger partial charge in [0.1, 0.15) is 5.82 Å². The van der Waals surface area contributed by atoms with E-state index in [1.807, 2.05) is 30.3 Å². The van der Waals surface area contributed by atoms with Gasteiger partial charge in [0.15, 0.2) is 11.6 Å². The maximum atomic E-state index is 14.0. The van der Waals surface area contributed by atoms with Gasteiger partial charge in [0.25, 0.3) is 0 Å². The first-order valence-corrected chi connectivity index (χ1v) is 8.37. The molecular weight excluding hydrogens is 341 g/mol. The van der Waals surface area contributed by atoms with Gasteiger partial charge in [-0.1, -0.05) is 36.4 Å². The molecule has 2 atom stereocenters. The molecule has 0 aliphatic heterocycles. The van der Waals surface area contributed by atoms with Gasteiger partial charge in [-0.25, -0.2) is 13.2 Å². The molecule has 3 rings (SSSR count). The second-order valence-corrected chi connectivity index (χ2v) is 6.40. The third-order valence-electron chi connectivity index (χ3n) is 4.62. The summed E-state index contributed by atoms with van der Waals surface area (Å²) in [6.07, 6.45) is 2.22. The van der Waals surface area contributed by atoms with E-state index in [1.165, 1.54) is 0 Å². The van der Waals surface area contributed by atoms with Crippen molar-refractivity contribution in [2.24, 2.45) is 5.73 Å². The monoisotopic (exact) mass is 360 g/mol. The lowest BCUT2D eigenvalue weighted by Gasteiger charge is -2.29. The molecule has 1 aliphatic rings. The molecule has 6 heteroatoms. The summed E-state index contributed by atoms with van der Waals surface area (Å²) >= 11 is 0. The van der Waals surface area contributed by atoms with E-state index in [2.05, 4.69) is 5.32 Å². The molecule has 3 nitrogen and oxygen atoms in total. The van der Waals surface area contributed by atoms with Crippen molar-refractivity contribution in [2.45, 2.75) is 31.3 Å². The average molecular weight is 360 g/mol. The predicted molar refractivity (Wildman–Crippen MR) is 92.6 cm³/mol. The zero-order valence-electron chi connectivity index (χ0n) is 14.0. The molecule has 0 aromatic heterocycles. The number of carbonyl (C=O) groups excluding carboxylic acids is 1. The van der Waals surface area contributed by atoms with Crippen molar-refractivity contribution in [3.8, 4) is 0 Å². The van der Waals surface area contributed by atoms with Gasteiger partial charge in [-0.05, 0) is 30.0 Å². The van der Waals surface area contributed by atoms with E-state index in [1.54, 1.807) is 6.08 Å². The highest BCUT2D eigenvalue weighted by Gasteiger charge is 2.29. The van der Waals surface area contributed by atoms with Gasteiger partial charge in [0.2, 0.25) is 5.91 Å². The first-order valence-electron chi connectivity index (χ1n) is 8.37. The van der Waals surface area contributed by atoms with Crippen molar-refractivity contribution in [3.63, 3.8) is 0 Å². The summed E-state index contributed by atoms with van der Waals surface area (Å²) < 4.78 is 40.5. The summed E-state index contributed by atoms with van der Waals surface area (Å²) in [5.74, 6) is -3.89. The smallest absolute Gasteiger partial charge is 0.247 e. The molecule has 0 saturated carbocycles. The minimum absolute atomic E-state index is 0.0383. The molecule has 0 saturated heterocycles. The van der Waals surface area contributed by atoms with Crippen LogP contribution in [0.2, 0.25) is 0 Å². The number of hydrogen-bond donors (Lipinski definition) is 2. The molecule has 2 aromatic carbocycles. The molecular formula is C20H19F3N2O. The van der Waals surface area contributed by atoms with Crippen LogP contribution in [0, 0.1) is 17.5 Å². The van der Waals surface area contributed by atoms with Crippen molar-refractivity contribution in [1.82, 2.24) is 5.32 Å². The van der Waals surface area contributed by atoms with Crippen molar-refractivity contribution in [2.75, 3.05) is 0 Å². The van der Waals surface area contributed by atoms with E-state index in [4.69, 9.17) is 5.73 Å². The van der Waals surface area contributed by atoms with Crippen LogP contribution < -0.4 is 11.1 Å². The second-order valence-electron chi connectivity index (χ2n) is 6.40. The van der Waals surface area contributed by atoms with E-state index in [0.29, 0.717) is 18.2 Å². The Hall–Kier alpha value is -2.60. The molecule has 136 valence electrons. The molecule has 0 heterocycles. The van der Waals surface area contributed by atoms with Crippen molar-refractivity contribution >= 4 is 5.91 Å². The fraction of sp³-hybridized carbons (Fsp3) is 0.250. The molecule has 0 bridgehead atoms. The fourth-order valence-electron chi connectivity index (χ4n) is 3.18. The SMILES string of the molecule is NC1CC(C(=O)NCc2ccccc2)=CCC1c1cc(F)c(F)cc1F. The van der Waals surface area contributed by atoms with E-state index < -0.39 is 29.4 Å². The molecule has 2 aromatic rings. The second kappa shape index (κ2) is 7.74. The summed E-state index contributed by atoms with van der Waals surface area (Å²) in [5.41, 5.74) is 7.63.